The van der Waals surface area contributed by atoms with Crippen molar-refractivity contribution in [3.63, 3.8) is 0 Å². The summed E-state index contributed by atoms with van der Waals surface area (Å²) >= 11 is 0. The molecule has 2 aromatic carbocycles. The van der Waals surface area contributed by atoms with Crippen LogP contribution in [0.15, 0.2) is 54.6 Å². The number of nitrogens with one attached hydrogen (secondary N) is 1. The van der Waals surface area contributed by atoms with Crippen LogP contribution >= 0.6 is 0 Å². The number of likely N-dealkylation sites (tertiary alicyclic amines) is 1. The van der Waals surface area contributed by atoms with Gasteiger partial charge in [-0.2, -0.15) is 0 Å². The molecule has 2 aromatic rings. The van der Waals surface area contributed by atoms with Gasteiger partial charge in [0.25, 0.3) is 5.92 Å². The molecule has 0 aromatic heterocycles. The van der Waals surface area contributed by atoms with Gasteiger partial charge in [-0.1, -0.05) is 30.3 Å². The molecule has 2 aliphatic rings. The Hall–Kier alpha value is -2.54. The highest BCUT2D eigenvalue weighted by Gasteiger charge is 2.50. The standard InChI is InChI=1S/C23H26F3N3O/c24-19-9-7-18(8-10-19)23(25,26)11-4-14-28-15-12-22(13-16-28)21(30)27-17-29(22)20-5-2-1-3-6-20/h1-3,5-10H,4,11-17H2,(H,27,30). The number of anilines is 1. The van der Waals surface area contributed by atoms with Gasteiger partial charge in [0.1, 0.15) is 11.4 Å². The number of hydrogen-bond donors (Lipinski definition) is 1. The van der Waals surface area contributed by atoms with E-state index in [1.807, 2.05) is 30.3 Å². The van der Waals surface area contributed by atoms with Gasteiger partial charge >= 0.3 is 0 Å². The molecule has 0 aliphatic carbocycles. The Morgan fingerprint density at radius 3 is 2.33 bits per heavy atom. The van der Waals surface area contributed by atoms with Crippen LogP contribution in [0.5, 0.6) is 0 Å². The van der Waals surface area contributed by atoms with Crippen molar-refractivity contribution in [3.8, 4) is 0 Å². The molecule has 0 unspecified atom stereocenters. The van der Waals surface area contributed by atoms with E-state index < -0.39 is 17.3 Å². The van der Waals surface area contributed by atoms with Crippen LogP contribution in [0.1, 0.15) is 31.2 Å². The van der Waals surface area contributed by atoms with E-state index in [0.717, 1.165) is 30.0 Å². The fourth-order valence-corrected chi connectivity index (χ4v) is 4.54. The van der Waals surface area contributed by atoms with Crippen LogP contribution in [0.4, 0.5) is 18.9 Å². The maximum Gasteiger partial charge on any atom is 0.273 e. The molecule has 4 rings (SSSR count). The second kappa shape index (κ2) is 8.30. The van der Waals surface area contributed by atoms with E-state index in [2.05, 4.69) is 15.1 Å². The summed E-state index contributed by atoms with van der Waals surface area (Å²) in [5.74, 6) is -3.44. The number of piperidine rings is 1. The third kappa shape index (κ3) is 4.03. The van der Waals surface area contributed by atoms with E-state index in [9.17, 15) is 18.0 Å². The minimum absolute atomic E-state index is 0.0499. The highest BCUT2D eigenvalue weighted by molar-refractivity contribution is 5.93. The van der Waals surface area contributed by atoms with Crippen molar-refractivity contribution in [1.82, 2.24) is 10.2 Å². The summed E-state index contributed by atoms with van der Waals surface area (Å²) in [7, 11) is 0. The topological polar surface area (TPSA) is 35.6 Å². The Balaban J connectivity index is 1.32. The van der Waals surface area contributed by atoms with Crippen molar-refractivity contribution in [3.05, 3.63) is 66.0 Å². The van der Waals surface area contributed by atoms with E-state index >= 15 is 0 Å². The maximum atomic E-state index is 14.4. The van der Waals surface area contributed by atoms with Crippen molar-refractivity contribution in [2.24, 2.45) is 0 Å². The third-order valence-corrected chi connectivity index (χ3v) is 6.32. The number of para-hydroxylation sites is 1. The van der Waals surface area contributed by atoms with Gasteiger partial charge in [0.05, 0.1) is 6.67 Å². The first-order valence-corrected chi connectivity index (χ1v) is 10.4. The van der Waals surface area contributed by atoms with Gasteiger partial charge in [0.2, 0.25) is 5.91 Å². The molecule has 30 heavy (non-hydrogen) atoms. The molecule has 0 radical (unpaired) electrons. The van der Waals surface area contributed by atoms with E-state index in [1.165, 1.54) is 0 Å². The van der Waals surface area contributed by atoms with Gasteiger partial charge in [0.15, 0.2) is 0 Å². The second-order valence-corrected chi connectivity index (χ2v) is 8.12. The van der Waals surface area contributed by atoms with Crippen molar-refractivity contribution >= 4 is 11.6 Å². The second-order valence-electron chi connectivity index (χ2n) is 8.12. The monoisotopic (exact) mass is 417 g/mol. The fourth-order valence-electron chi connectivity index (χ4n) is 4.54. The Labute approximate surface area is 174 Å². The van der Waals surface area contributed by atoms with E-state index in [-0.39, 0.29) is 17.9 Å². The molecule has 2 fully saturated rings. The molecule has 2 heterocycles. The maximum absolute atomic E-state index is 14.4. The molecular weight excluding hydrogens is 391 g/mol. The van der Waals surface area contributed by atoms with Crippen molar-refractivity contribution < 1.29 is 18.0 Å². The van der Waals surface area contributed by atoms with Crippen LogP contribution in [0.25, 0.3) is 0 Å². The largest absolute Gasteiger partial charge is 0.339 e. The number of nitrogens with zero attached hydrogens (tertiary/aromatic N) is 2. The molecule has 2 saturated heterocycles. The zero-order chi connectivity index (χ0) is 21.2. The van der Waals surface area contributed by atoms with Crippen LogP contribution in [0, 0.1) is 5.82 Å². The first-order valence-electron chi connectivity index (χ1n) is 10.4. The number of rotatable bonds is 6. The Morgan fingerprint density at radius 2 is 1.67 bits per heavy atom. The number of carbonyl (C=O) groups is 1. The number of benzene rings is 2. The Kier molecular flexibility index (Phi) is 5.73. The molecule has 0 bridgehead atoms. The zero-order valence-electron chi connectivity index (χ0n) is 16.8. The zero-order valence-corrected chi connectivity index (χ0v) is 16.8. The quantitative estimate of drug-likeness (QED) is 0.768. The molecule has 4 nitrogen and oxygen atoms in total. The summed E-state index contributed by atoms with van der Waals surface area (Å²) in [5.41, 5.74) is 0.307. The third-order valence-electron chi connectivity index (χ3n) is 6.32. The first kappa shape index (κ1) is 20.7. The summed E-state index contributed by atoms with van der Waals surface area (Å²) in [5, 5.41) is 2.97. The van der Waals surface area contributed by atoms with Gasteiger partial charge in [0, 0.05) is 30.8 Å². The van der Waals surface area contributed by atoms with Gasteiger partial charge in [-0.3, -0.25) is 4.79 Å². The lowest BCUT2D eigenvalue weighted by molar-refractivity contribution is -0.125. The lowest BCUT2D eigenvalue weighted by Gasteiger charge is -2.43. The predicted molar refractivity (Wildman–Crippen MR) is 110 cm³/mol. The van der Waals surface area contributed by atoms with Crippen molar-refractivity contribution in [2.45, 2.75) is 37.1 Å². The highest BCUT2D eigenvalue weighted by Crippen LogP contribution is 2.37. The summed E-state index contributed by atoms with van der Waals surface area (Å²) in [6, 6.07) is 14.3. The molecular formula is C23H26F3N3O. The molecule has 0 saturated carbocycles. The fraction of sp³-hybridized carbons (Fsp3) is 0.435. The molecule has 2 aliphatic heterocycles. The molecule has 160 valence electrons. The number of hydrogen-bond acceptors (Lipinski definition) is 3. The minimum Gasteiger partial charge on any atom is -0.339 e. The van der Waals surface area contributed by atoms with Crippen LogP contribution in [0.2, 0.25) is 0 Å². The van der Waals surface area contributed by atoms with Gasteiger partial charge in [-0.05, 0) is 50.1 Å². The van der Waals surface area contributed by atoms with Gasteiger partial charge < -0.3 is 15.1 Å². The number of alkyl halides is 2. The number of amides is 1. The lowest BCUT2D eigenvalue weighted by atomic mass is 9.85. The summed E-state index contributed by atoms with van der Waals surface area (Å²) in [6.07, 6.45) is 1.40. The minimum atomic E-state index is -2.97. The molecule has 1 spiro atoms. The predicted octanol–water partition coefficient (Wildman–Crippen LogP) is 4.13. The SMILES string of the molecule is O=C1NCN(c2ccccc2)C12CCN(CCCC(F)(F)c1ccc(F)cc1)CC2. The van der Waals surface area contributed by atoms with Gasteiger partial charge in [-0.15, -0.1) is 0 Å². The van der Waals surface area contributed by atoms with Crippen LogP contribution in [-0.4, -0.2) is 42.6 Å². The van der Waals surface area contributed by atoms with Gasteiger partial charge in [-0.25, -0.2) is 13.2 Å². The summed E-state index contributed by atoms with van der Waals surface area (Å²) in [4.78, 5) is 17.0. The molecule has 1 N–H and O–H groups in total. The molecule has 1 amide bonds. The van der Waals surface area contributed by atoms with Crippen molar-refractivity contribution in [2.75, 3.05) is 31.2 Å². The van der Waals surface area contributed by atoms with Crippen molar-refractivity contribution in [1.29, 1.82) is 0 Å². The Bertz CT molecular complexity index is 865. The summed E-state index contributed by atoms with van der Waals surface area (Å²) < 4.78 is 41.7. The average molecular weight is 417 g/mol. The van der Waals surface area contributed by atoms with E-state index in [0.29, 0.717) is 45.6 Å². The molecule has 0 atom stereocenters. The normalized spacial score (nSPS) is 19.3. The van der Waals surface area contributed by atoms with Crippen LogP contribution < -0.4 is 10.2 Å². The average Bonchev–Trinajstić information content (AvgIpc) is 3.06. The van der Waals surface area contributed by atoms with E-state index in [4.69, 9.17) is 0 Å². The number of carbonyl (C=O) groups excluding carboxylic acids is 1. The molecule has 7 heteroatoms. The summed E-state index contributed by atoms with van der Waals surface area (Å²) in [6.45, 7) is 2.43. The lowest BCUT2D eigenvalue weighted by Crippen LogP contribution is -2.56. The Morgan fingerprint density at radius 1 is 1.00 bits per heavy atom. The smallest absolute Gasteiger partial charge is 0.273 e. The first-order chi connectivity index (χ1) is 14.4. The van der Waals surface area contributed by atoms with Crippen LogP contribution in [0.3, 0.4) is 0 Å². The highest BCUT2D eigenvalue weighted by atomic mass is 19.3. The van der Waals surface area contributed by atoms with Crippen LogP contribution in [-0.2, 0) is 10.7 Å². The van der Waals surface area contributed by atoms with E-state index in [1.54, 1.807) is 0 Å². The number of halogens is 3.